The van der Waals surface area contributed by atoms with Crippen molar-refractivity contribution in [3.05, 3.63) is 35.6 Å². The van der Waals surface area contributed by atoms with E-state index >= 15 is 0 Å². The minimum Gasteiger partial charge on any atom is -0.481 e. The Hall–Kier alpha value is -1.95. The normalized spacial score (nSPS) is 18.9. The molecule has 5 nitrogen and oxygen atoms in total. The highest BCUT2D eigenvalue weighted by molar-refractivity contribution is 5.78. The molecule has 0 saturated carbocycles. The van der Waals surface area contributed by atoms with Gasteiger partial charge in [0.25, 0.3) is 0 Å². The van der Waals surface area contributed by atoms with Crippen molar-refractivity contribution in [1.29, 1.82) is 0 Å². The van der Waals surface area contributed by atoms with Gasteiger partial charge in [-0.15, -0.1) is 0 Å². The van der Waals surface area contributed by atoms with Gasteiger partial charge in [0.05, 0.1) is 12.5 Å². The number of carboxylic acid groups (broad SMARTS) is 1. The first-order valence-electron chi connectivity index (χ1n) is 7.40. The van der Waals surface area contributed by atoms with Crippen molar-refractivity contribution in [3.63, 3.8) is 0 Å². The third kappa shape index (κ3) is 5.11. The predicted octanol–water partition coefficient (Wildman–Crippen LogP) is 2.07. The van der Waals surface area contributed by atoms with Gasteiger partial charge in [0.1, 0.15) is 5.82 Å². The first-order chi connectivity index (χ1) is 10.5. The van der Waals surface area contributed by atoms with Crippen LogP contribution in [-0.2, 0) is 14.3 Å². The number of aliphatic carboxylic acids is 1. The quantitative estimate of drug-likeness (QED) is 0.808. The molecular weight excluding hydrogens is 289 g/mol. The molecule has 22 heavy (non-hydrogen) atoms. The Labute approximate surface area is 128 Å². The third-order valence-electron chi connectivity index (χ3n) is 3.75. The van der Waals surface area contributed by atoms with Crippen molar-refractivity contribution in [2.24, 2.45) is 0 Å². The molecule has 1 aliphatic heterocycles. The number of carbonyl (C=O) groups is 2. The lowest BCUT2D eigenvalue weighted by Gasteiger charge is -2.16. The van der Waals surface area contributed by atoms with Crippen LogP contribution < -0.4 is 5.32 Å². The number of carboxylic acids is 1. The van der Waals surface area contributed by atoms with Gasteiger partial charge in [0.15, 0.2) is 0 Å². The van der Waals surface area contributed by atoms with E-state index in [-0.39, 0.29) is 30.7 Å². The van der Waals surface area contributed by atoms with Crippen molar-refractivity contribution >= 4 is 11.9 Å². The molecule has 1 aliphatic rings. The number of carbonyl (C=O) groups excluding carboxylic acids is 1. The van der Waals surface area contributed by atoms with Crippen LogP contribution in [0.25, 0.3) is 0 Å². The van der Waals surface area contributed by atoms with Crippen molar-refractivity contribution in [2.75, 3.05) is 13.2 Å². The number of nitrogens with one attached hydrogen (secondary N) is 1. The maximum Gasteiger partial charge on any atom is 0.303 e. The van der Waals surface area contributed by atoms with E-state index in [0.29, 0.717) is 12.1 Å². The summed E-state index contributed by atoms with van der Waals surface area (Å²) in [5, 5.41) is 11.8. The summed E-state index contributed by atoms with van der Waals surface area (Å²) in [7, 11) is 0. The van der Waals surface area contributed by atoms with Crippen molar-refractivity contribution in [3.8, 4) is 0 Å². The van der Waals surface area contributed by atoms with Crippen LogP contribution in [0.4, 0.5) is 4.39 Å². The predicted molar refractivity (Wildman–Crippen MR) is 78.0 cm³/mol. The summed E-state index contributed by atoms with van der Waals surface area (Å²) in [4.78, 5) is 23.0. The number of benzene rings is 1. The Bertz CT molecular complexity index is 511. The second-order valence-corrected chi connectivity index (χ2v) is 5.49. The molecule has 0 spiro atoms. The van der Waals surface area contributed by atoms with Gasteiger partial charge in [-0.1, -0.05) is 12.1 Å². The Morgan fingerprint density at radius 1 is 1.32 bits per heavy atom. The summed E-state index contributed by atoms with van der Waals surface area (Å²) in [6, 6.07) is 5.59. The average molecular weight is 309 g/mol. The monoisotopic (exact) mass is 309 g/mol. The van der Waals surface area contributed by atoms with Gasteiger partial charge in [-0.2, -0.15) is 0 Å². The molecule has 0 aromatic heterocycles. The minimum atomic E-state index is -0.985. The summed E-state index contributed by atoms with van der Waals surface area (Å²) in [5.41, 5.74) is 0.649. The summed E-state index contributed by atoms with van der Waals surface area (Å²) in [6.45, 7) is 1.17. The van der Waals surface area contributed by atoms with Crippen LogP contribution >= 0.6 is 0 Å². The molecule has 1 saturated heterocycles. The lowest BCUT2D eigenvalue weighted by molar-refractivity contribution is -0.137. The highest BCUT2D eigenvalue weighted by Crippen LogP contribution is 2.24. The smallest absolute Gasteiger partial charge is 0.303 e. The van der Waals surface area contributed by atoms with Crippen LogP contribution in [0.5, 0.6) is 0 Å². The molecule has 2 rings (SSSR count). The van der Waals surface area contributed by atoms with Gasteiger partial charge >= 0.3 is 5.97 Å². The molecule has 1 heterocycles. The van der Waals surface area contributed by atoms with Gasteiger partial charge in [0, 0.05) is 25.5 Å². The van der Waals surface area contributed by atoms with E-state index in [1.54, 1.807) is 0 Å². The van der Waals surface area contributed by atoms with E-state index in [1.807, 2.05) is 0 Å². The number of rotatable bonds is 7. The highest BCUT2D eigenvalue weighted by atomic mass is 19.1. The number of hydrogen-bond donors (Lipinski definition) is 2. The zero-order chi connectivity index (χ0) is 15.9. The number of amides is 1. The van der Waals surface area contributed by atoms with Crippen molar-refractivity contribution in [1.82, 2.24) is 5.32 Å². The number of ether oxygens (including phenoxy) is 1. The molecule has 2 atom stereocenters. The van der Waals surface area contributed by atoms with Crippen LogP contribution in [0.15, 0.2) is 24.3 Å². The van der Waals surface area contributed by atoms with Crippen LogP contribution in [0.3, 0.4) is 0 Å². The summed E-state index contributed by atoms with van der Waals surface area (Å²) >= 11 is 0. The number of hydrogen-bond acceptors (Lipinski definition) is 3. The Morgan fingerprint density at radius 3 is 2.64 bits per heavy atom. The van der Waals surface area contributed by atoms with Crippen molar-refractivity contribution < 1.29 is 23.8 Å². The van der Waals surface area contributed by atoms with E-state index in [4.69, 9.17) is 9.84 Å². The second kappa shape index (κ2) is 7.89. The lowest BCUT2D eigenvalue weighted by Crippen LogP contribution is -2.32. The summed E-state index contributed by atoms with van der Waals surface area (Å²) < 4.78 is 18.4. The summed E-state index contributed by atoms with van der Waals surface area (Å²) in [5.74, 6) is -2.06. The zero-order valence-corrected chi connectivity index (χ0v) is 12.3. The van der Waals surface area contributed by atoms with E-state index in [2.05, 4.69) is 5.32 Å². The highest BCUT2D eigenvalue weighted by Gasteiger charge is 2.21. The van der Waals surface area contributed by atoms with Crippen molar-refractivity contribution in [2.45, 2.75) is 37.7 Å². The maximum atomic E-state index is 13.0. The summed E-state index contributed by atoms with van der Waals surface area (Å²) in [6.07, 6.45) is 1.87. The second-order valence-electron chi connectivity index (χ2n) is 5.49. The van der Waals surface area contributed by atoms with Gasteiger partial charge in [-0.05, 0) is 30.5 Å². The fourth-order valence-corrected chi connectivity index (χ4v) is 2.58. The first-order valence-corrected chi connectivity index (χ1v) is 7.40. The van der Waals surface area contributed by atoms with Crippen LogP contribution in [0.2, 0.25) is 0 Å². The van der Waals surface area contributed by atoms with Crippen LogP contribution in [0.1, 0.15) is 37.2 Å². The Kier molecular flexibility index (Phi) is 5.89. The van der Waals surface area contributed by atoms with E-state index in [0.717, 1.165) is 19.4 Å². The van der Waals surface area contributed by atoms with Gasteiger partial charge in [-0.25, -0.2) is 4.39 Å². The lowest BCUT2D eigenvalue weighted by atomic mass is 9.92. The fraction of sp³-hybridized carbons (Fsp3) is 0.500. The SMILES string of the molecule is O=C(O)C[C@@H](CC(=O)NC[C@@H]1CCCO1)c1ccc(F)cc1. The van der Waals surface area contributed by atoms with E-state index < -0.39 is 11.9 Å². The molecule has 1 aromatic rings. The molecule has 1 amide bonds. The third-order valence-corrected chi connectivity index (χ3v) is 3.75. The molecule has 2 N–H and O–H groups in total. The Morgan fingerprint density at radius 2 is 2.05 bits per heavy atom. The standard InChI is InChI=1S/C16H20FNO4/c17-13-5-3-11(4-6-13)12(9-16(20)21)8-15(19)18-10-14-2-1-7-22-14/h3-6,12,14H,1-2,7-10H2,(H,18,19)(H,20,21)/t12-,14+/m1/s1. The average Bonchev–Trinajstić information content (AvgIpc) is 2.98. The van der Waals surface area contributed by atoms with E-state index in [9.17, 15) is 14.0 Å². The molecule has 120 valence electrons. The van der Waals surface area contributed by atoms with Gasteiger partial charge in [-0.3, -0.25) is 9.59 Å². The topological polar surface area (TPSA) is 75.6 Å². The van der Waals surface area contributed by atoms with Crippen LogP contribution in [0, 0.1) is 5.82 Å². The van der Waals surface area contributed by atoms with Gasteiger partial charge in [0.2, 0.25) is 5.91 Å². The maximum absolute atomic E-state index is 13.0. The first kappa shape index (κ1) is 16.4. The fourth-order valence-electron chi connectivity index (χ4n) is 2.58. The largest absolute Gasteiger partial charge is 0.481 e. The molecule has 0 radical (unpaired) electrons. The molecule has 1 aromatic carbocycles. The van der Waals surface area contributed by atoms with Crippen LogP contribution in [-0.4, -0.2) is 36.2 Å². The van der Waals surface area contributed by atoms with Gasteiger partial charge < -0.3 is 15.2 Å². The zero-order valence-electron chi connectivity index (χ0n) is 12.3. The Balaban J connectivity index is 1.91. The number of halogens is 1. The molecule has 0 aliphatic carbocycles. The van der Waals surface area contributed by atoms with E-state index in [1.165, 1.54) is 24.3 Å². The molecule has 6 heteroatoms. The molecule has 1 fully saturated rings. The minimum absolute atomic E-state index is 0.0488. The molecule has 0 unspecified atom stereocenters. The molecule has 0 bridgehead atoms. The molecular formula is C16H20FNO4.